The van der Waals surface area contributed by atoms with Crippen molar-refractivity contribution in [2.45, 2.75) is 13.8 Å². The van der Waals surface area contributed by atoms with E-state index in [9.17, 15) is 19.5 Å². The van der Waals surface area contributed by atoms with E-state index in [-0.39, 0.29) is 5.91 Å². The fraction of sp³-hybridized carbons (Fsp3) is 0.286. The minimum atomic E-state index is -0.992. The maximum atomic E-state index is 12.6. The second-order valence-corrected chi connectivity index (χ2v) is 7.34. The van der Waals surface area contributed by atoms with E-state index in [1.54, 1.807) is 38.1 Å². The summed E-state index contributed by atoms with van der Waals surface area (Å²) in [5.41, 5.74) is 0.689. The zero-order valence-corrected chi connectivity index (χ0v) is 15.9. The highest BCUT2D eigenvalue weighted by Crippen LogP contribution is 2.58. The van der Waals surface area contributed by atoms with Gasteiger partial charge >= 0.3 is 5.97 Å². The van der Waals surface area contributed by atoms with Crippen molar-refractivity contribution in [2.75, 3.05) is 17.7 Å². The number of carbonyl (C=O) groups excluding carboxylic acids is 2. The number of ether oxygens (including phenoxy) is 1. The molecule has 1 fully saturated rings. The second kappa shape index (κ2) is 7.34. The summed E-state index contributed by atoms with van der Waals surface area (Å²) in [6.45, 7) is 3.49. The fourth-order valence-electron chi connectivity index (χ4n) is 3.47. The van der Waals surface area contributed by atoms with Gasteiger partial charge in [-0.2, -0.15) is 0 Å². The monoisotopic (exact) mass is 382 g/mol. The van der Waals surface area contributed by atoms with E-state index < -0.39 is 29.1 Å². The van der Waals surface area contributed by atoms with E-state index in [1.165, 1.54) is 13.2 Å². The molecule has 0 spiro atoms. The van der Waals surface area contributed by atoms with Gasteiger partial charge in [-0.1, -0.05) is 32.0 Å². The van der Waals surface area contributed by atoms with E-state index in [0.717, 1.165) is 0 Å². The number of anilines is 2. The van der Waals surface area contributed by atoms with Crippen LogP contribution in [0.2, 0.25) is 0 Å². The fourth-order valence-corrected chi connectivity index (χ4v) is 3.47. The van der Waals surface area contributed by atoms with Crippen LogP contribution in [0, 0.1) is 17.3 Å². The first-order valence-corrected chi connectivity index (χ1v) is 8.84. The summed E-state index contributed by atoms with van der Waals surface area (Å²) in [7, 11) is 1.45. The number of benzene rings is 2. The van der Waals surface area contributed by atoms with Gasteiger partial charge in [0.25, 0.3) is 5.91 Å². The van der Waals surface area contributed by atoms with Crippen LogP contribution in [0.5, 0.6) is 5.75 Å². The SMILES string of the molecule is COc1ccc(C(=O)Nc2ccccc2)cc1NC(=O)[C@@H]1[C@H](C(=O)O)C1(C)C. The zero-order chi connectivity index (χ0) is 20.5. The standard InChI is InChI=1S/C21H22N2O5/c1-21(2)16(17(21)20(26)27)19(25)23-14-11-12(9-10-15(14)28-3)18(24)22-13-7-5-4-6-8-13/h4-11,16-17H,1-3H3,(H,22,24)(H,23,25)(H,26,27)/t16-,17+/m0/s1. The Labute approximate surface area is 162 Å². The van der Waals surface area contributed by atoms with Crippen molar-refractivity contribution in [1.29, 1.82) is 0 Å². The molecule has 7 heteroatoms. The van der Waals surface area contributed by atoms with Gasteiger partial charge in [0.15, 0.2) is 0 Å². The maximum absolute atomic E-state index is 12.6. The van der Waals surface area contributed by atoms with Crippen molar-refractivity contribution in [2.24, 2.45) is 17.3 Å². The molecule has 146 valence electrons. The number of carbonyl (C=O) groups is 3. The van der Waals surface area contributed by atoms with Crippen LogP contribution in [-0.2, 0) is 9.59 Å². The number of methoxy groups -OCH3 is 1. The molecule has 0 heterocycles. The first kappa shape index (κ1) is 19.4. The quantitative estimate of drug-likeness (QED) is 0.711. The number of aliphatic carboxylic acids is 1. The molecule has 0 radical (unpaired) electrons. The second-order valence-electron chi connectivity index (χ2n) is 7.34. The molecule has 1 aliphatic rings. The zero-order valence-electron chi connectivity index (χ0n) is 15.9. The average Bonchev–Trinajstić information content (AvgIpc) is 3.25. The Morgan fingerprint density at radius 3 is 2.25 bits per heavy atom. The molecule has 1 saturated carbocycles. The molecular formula is C21H22N2O5. The lowest BCUT2D eigenvalue weighted by Gasteiger charge is -2.13. The van der Waals surface area contributed by atoms with Crippen molar-refractivity contribution in [3.63, 3.8) is 0 Å². The number of carboxylic acids is 1. The summed E-state index contributed by atoms with van der Waals surface area (Å²) in [4.78, 5) is 36.4. The first-order valence-electron chi connectivity index (χ1n) is 8.84. The molecule has 28 heavy (non-hydrogen) atoms. The number of carboxylic acid groups (broad SMARTS) is 1. The van der Waals surface area contributed by atoms with E-state index in [0.29, 0.717) is 22.7 Å². The molecule has 0 unspecified atom stereocenters. The third-order valence-electron chi connectivity index (χ3n) is 5.13. The lowest BCUT2D eigenvalue weighted by atomic mass is 10.1. The Hall–Kier alpha value is -3.35. The summed E-state index contributed by atoms with van der Waals surface area (Å²) in [5, 5.41) is 14.8. The van der Waals surface area contributed by atoms with Crippen LogP contribution in [0.3, 0.4) is 0 Å². The number of hydrogen-bond acceptors (Lipinski definition) is 4. The lowest BCUT2D eigenvalue weighted by Crippen LogP contribution is -2.19. The van der Waals surface area contributed by atoms with Crippen molar-refractivity contribution >= 4 is 29.2 Å². The molecule has 0 aliphatic heterocycles. The molecular weight excluding hydrogens is 360 g/mol. The first-order chi connectivity index (χ1) is 13.3. The predicted molar refractivity (Wildman–Crippen MR) is 104 cm³/mol. The Morgan fingerprint density at radius 2 is 1.68 bits per heavy atom. The summed E-state index contributed by atoms with van der Waals surface area (Å²) >= 11 is 0. The Balaban J connectivity index is 1.79. The van der Waals surface area contributed by atoms with Gasteiger partial charge in [-0.05, 0) is 35.7 Å². The van der Waals surface area contributed by atoms with Crippen LogP contribution in [0.15, 0.2) is 48.5 Å². The lowest BCUT2D eigenvalue weighted by molar-refractivity contribution is -0.140. The van der Waals surface area contributed by atoms with Gasteiger partial charge in [0.2, 0.25) is 5.91 Å². The number of nitrogens with one attached hydrogen (secondary N) is 2. The van der Waals surface area contributed by atoms with Crippen molar-refractivity contribution in [1.82, 2.24) is 0 Å². The van der Waals surface area contributed by atoms with Crippen molar-refractivity contribution in [3.8, 4) is 5.75 Å². The summed E-state index contributed by atoms with van der Waals surface area (Å²) < 4.78 is 5.26. The number of hydrogen-bond donors (Lipinski definition) is 3. The molecule has 0 saturated heterocycles. The summed E-state index contributed by atoms with van der Waals surface area (Å²) in [6, 6.07) is 13.7. The Morgan fingerprint density at radius 1 is 1.00 bits per heavy atom. The van der Waals surface area contributed by atoms with E-state index >= 15 is 0 Å². The van der Waals surface area contributed by atoms with Gasteiger partial charge in [-0.3, -0.25) is 14.4 Å². The highest BCUT2D eigenvalue weighted by atomic mass is 16.5. The molecule has 7 nitrogen and oxygen atoms in total. The molecule has 2 aromatic rings. The van der Waals surface area contributed by atoms with E-state index in [1.807, 2.05) is 18.2 Å². The molecule has 2 aromatic carbocycles. The molecule has 3 rings (SSSR count). The normalized spacial score (nSPS) is 19.4. The van der Waals surface area contributed by atoms with Crippen molar-refractivity contribution in [3.05, 3.63) is 54.1 Å². The van der Waals surface area contributed by atoms with Crippen LogP contribution in [-0.4, -0.2) is 30.0 Å². The van der Waals surface area contributed by atoms with Gasteiger partial charge in [0, 0.05) is 11.3 Å². The van der Waals surface area contributed by atoms with Crippen LogP contribution < -0.4 is 15.4 Å². The van der Waals surface area contributed by atoms with Crippen molar-refractivity contribution < 1.29 is 24.2 Å². The maximum Gasteiger partial charge on any atom is 0.307 e. The topological polar surface area (TPSA) is 105 Å². The van der Waals surface area contributed by atoms with Gasteiger partial charge in [-0.15, -0.1) is 0 Å². The van der Waals surface area contributed by atoms with Crippen LogP contribution >= 0.6 is 0 Å². The van der Waals surface area contributed by atoms with Gasteiger partial charge in [-0.25, -0.2) is 0 Å². The molecule has 2 atom stereocenters. The molecule has 2 amide bonds. The minimum absolute atomic E-state index is 0.319. The van der Waals surface area contributed by atoms with Gasteiger partial charge in [0.1, 0.15) is 5.75 Å². The summed E-state index contributed by atoms with van der Waals surface area (Å²) in [6.07, 6.45) is 0. The largest absolute Gasteiger partial charge is 0.495 e. The number of rotatable bonds is 6. The third kappa shape index (κ3) is 3.69. The molecule has 0 aromatic heterocycles. The van der Waals surface area contributed by atoms with Gasteiger partial charge < -0.3 is 20.5 Å². The van der Waals surface area contributed by atoms with Crippen LogP contribution in [0.4, 0.5) is 11.4 Å². The molecule has 3 N–H and O–H groups in total. The minimum Gasteiger partial charge on any atom is -0.495 e. The van der Waals surface area contributed by atoms with Crippen LogP contribution in [0.1, 0.15) is 24.2 Å². The highest BCUT2D eigenvalue weighted by Gasteiger charge is 2.65. The number of para-hydroxylation sites is 1. The third-order valence-corrected chi connectivity index (χ3v) is 5.13. The Kier molecular flexibility index (Phi) is 5.09. The highest BCUT2D eigenvalue weighted by molar-refractivity contribution is 6.06. The molecule has 0 bridgehead atoms. The average molecular weight is 382 g/mol. The summed E-state index contributed by atoms with van der Waals surface area (Å²) in [5.74, 6) is -2.72. The van der Waals surface area contributed by atoms with Crippen LogP contribution in [0.25, 0.3) is 0 Å². The predicted octanol–water partition coefficient (Wildman–Crippen LogP) is 3.24. The van der Waals surface area contributed by atoms with Gasteiger partial charge in [0.05, 0.1) is 24.6 Å². The Bertz CT molecular complexity index is 924. The van der Waals surface area contributed by atoms with E-state index in [2.05, 4.69) is 10.6 Å². The number of amides is 2. The smallest absolute Gasteiger partial charge is 0.307 e. The molecule has 1 aliphatic carbocycles. The van der Waals surface area contributed by atoms with E-state index in [4.69, 9.17) is 4.74 Å².